The number of rotatable bonds is 5. The Bertz CT molecular complexity index is 879. The van der Waals surface area contributed by atoms with Gasteiger partial charge in [0, 0.05) is 29.3 Å². The van der Waals surface area contributed by atoms with Crippen molar-refractivity contribution in [2.45, 2.75) is 19.8 Å². The molecule has 3 aromatic rings. The van der Waals surface area contributed by atoms with Gasteiger partial charge in [-0.05, 0) is 24.6 Å². The topological polar surface area (TPSA) is 67.9 Å². The molecule has 0 aliphatic rings. The summed E-state index contributed by atoms with van der Waals surface area (Å²) in [7, 11) is 0. The van der Waals surface area contributed by atoms with Crippen molar-refractivity contribution >= 4 is 40.1 Å². The van der Waals surface area contributed by atoms with E-state index < -0.39 is 0 Å². The molecule has 24 heavy (non-hydrogen) atoms. The molecule has 0 amide bonds. The van der Waals surface area contributed by atoms with E-state index >= 15 is 0 Å². The molecule has 0 radical (unpaired) electrons. The maximum atomic E-state index is 11.6. The van der Waals surface area contributed by atoms with Crippen LogP contribution in [0.2, 0.25) is 10.0 Å². The van der Waals surface area contributed by atoms with Gasteiger partial charge < -0.3 is 4.74 Å². The van der Waals surface area contributed by atoms with Crippen LogP contribution in [-0.2, 0) is 16.0 Å². The monoisotopic (exact) mass is 363 g/mol. The zero-order valence-electron chi connectivity index (χ0n) is 13.0. The van der Waals surface area contributed by atoms with Gasteiger partial charge >= 0.3 is 5.97 Å². The Balaban J connectivity index is 2.07. The molecule has 2 heterocycles. The van der Waals surface area contributed by atoms with Crippen molar-refractivity contribution in [2.24, 2.45) is 0 Å². The lowest BCUT2D eigenvalue weighted by molar-refractivity contribution is -0.143. The second kappa shape index (κ2) is 7.20. The van der Waals surface area contributed by atoms with E-state index in [4.69, 9.17) is 27.9 Å². The van der Waals surface area contributed by atoms with Gasteiger partial charge in [-0.15, -0.1) is 0 Å². The lowest BCUT2D eigenvalue weighted by Gasteiger charge is -2.10. The number of aromatic nitrogens is 3. The molecule has 0 atom stereocenters. The van der Waals surface area contributed by atoms with Crippen molar-refractivity contribution in [3.63, 3.8) is 0 Å². The second-order valence-electron chi connectivity index (χ2n) is 5.21. The number of fused-ring (bicyclic) bond motifs is 1. The molecule has 1 N–H and O–H groups in total. The summed E-state index contributed by atoms with van der Waals surface area (Å²) >= 11 is 12.5. The Morgan fingerprint density at radius 2 is 2.17 bits per heavy atom. The Morgan fingerprint density at radius 3 is 2.88 bits per heavy atom. The van der Waals surface area contributed by atoms with Crippen LogP contribution in [-0.4, -0.2) is 27.8 Å². The molecular formula is C17H15Cl2N3O2. The fourth-order valence-corrected chi connectivity index (χ4v) is 2.87. The van der Waals surface area contributed by atoms with Crippen molar-refractivity contribution in [3.05, 3.63) is 46.3 Å². The lowest BCUT2D eigenvalue weighted by atomic mass is 10.0. The van der Waals surface area contributed by atoms with Crippen LogP contribution in [0.1, 0.15) is 19.0 Å². The Hall–Kier alpha value is -2.11. The first-order chi connectivity index (χ1) is 11.6. The highest BCUT2D eigenvalue weighted by Gasteiger charge is 2.14. The fraction of sp³-hybridized carbons (Fsp3) is 0.235. The van der Waals surface area contributed by atoms with E-state index in [0.717, 1.165) is 22.2 Å². The van der Waals surface area contributed by atoms with Gasteiger partial charge in [0.25, 0.3) is 0 Å². The van der Waals surface area contributed by atoms with Gasteiger partial charge in [-0.1, -0.05) is 29.3 Å². The van der Waals surface area contributed by atoms with E-state index in [2.05, 4.69) is 15.2 Å². The van der Waals surface area contributed by atoms with Crippen LogP contribution in [0.15, 0.2) is 30.6 Å². The first-order valence-corrected chi connectivity index (χ1v) is 8.28. The number of benzene rings is 1. The van der Waals surface area contributed by atoms with E-state index in [9.17, 15) is 4.79 Å². The van der Waals surface area contributed by atoms with Crippen LogP contribution in [0, 0.1) is 0 Å². The van der Waals surface area contributed by atoms with Crippen molar-refractivity contribution < 1.29 is 9.53 Å². The van der Waals surface area contributed by atoms with Crippen LogP contribution in [0.3, 0.4) is 0 Å². The fourth-order valence-electron chi connectivity index (χ4n) is 2.52. The number of ether oxygens (including phenoxy) is 1. The molecule has 1 aromatic carbocycles. The minimum Gasteiger partial charge on any atom is -0.466 e. The summed E-state index contributed by atoms with van der Waals surface area (Å²) in [6, 6.07) is 5.57. The highest BCUT2D eigenvalue weighted by atomic mass is 35.5. The number of hydrogen-bond donors (Lipinski definition) is 1. The smallest absolute Gasteiger partial charge is 0.306 e. The molecule has 0 bridgehead atoms. The van der Waals surface area contributed by atoms with Crippen LogP contribution >= 0.6 is 23.2 Å². The van der Waals surface area contributed by atoms with Gasteiger partial charge in [0.15, 0.2) is 0 Å². The number of carbonyl (C=O) groups is 1. The normalized spacial score (nSPS) is 11.0. The first kappa shape index (κ1) is 16.7. The number of halogens is 2. The van der Waals surface area contributed by atoms with Gasteiger partial charge in [-0.25, -0.2) is 0 Å². The predicted molar refractivity (Wildman–Crippen MR) is 94.3 cm³/mol. The highest BCUT2D eigenvalue weighted by molar-refractivity contribution is 6.45. The van der Waals surface area contributed by atoms with Gasteiger partial charge in [-0.3, -0.25) is 14.9 Å². The Morgan fingerprint density at radius 1 is 1.33 bits per heavy atom. The first-order valence-electron chi connectivity index (χ1n) is 7.52. The summed E-state index contributed by atoms with van der Waals surface area (Å²) in [5, 5.41) is 8.52. The van der Waals surface area contributed by atoms with E-state index in [1.165, 1.54) is 0 Å². The van der Waals surface area contributed by atoms with Crippen LogP contribution < -0.4 is 0 Å². The van der Waals surface area contributed by atoms with E-state index in [1.54, 1.807) is 25.4 Å². The molecule has 0 aliphatic carbocycles. The number of nitrogens with one attached hydrogen (secondary N) is 1. The SMILES string of the molecule is CCOC(=O)CCc1cc(-c2cn[nH]c2)c2ccc(Cl)c(Cl)c2n1. The van der Waals surface area contributed by atoms with E-state index in [0.29, 0.717) is 28.6 Å². The minimum atomic E-state index is -0.249. The molecule has 0 saturated carbocycles. The number of esters is 1. The molecule has 5 nitrogen and oxygen atoms in total. The zero-order chi connectivity index (χ0) is 17.1. The average Bonchev–Trinajstić information content (AvgIpc) is 3.10. The molecule has 0 unspecified atom stereocenters. The van der Waals surface area contributed by atoms with Crippen molar-refractivity contribution in [2.75, 3.05) is 6.61 Å². The summed E-state index contributed by atoms with van der Waals surface area (Å²) in [5.74, 6) is -0.249. The largest absolute Gasteiger partial charge is 0.466 e. The summed E-state index contributed by atoms with van der Waals surface area (Å²) in [5.41, 5.74) is 3.21. The molecule has 7 heteroatoms. The number of H-pyrrole nitrogens is 1. The van der Waals surface area contributed by atoms with Crippen LogP contribution in [0.25, 0.3) is 22.0 Å². The van der Waals surface area contributed by atoms with E-state index in [1.807, 2.05) is 12.1 Å². The lowest BCUT2D eigenvalue weighted by Crippen LogP contribution is -2.06. The number of hydrogen-bond acceptors (Lipinski definition) is 4. The third kappa shape index (κ3) is 3.37. The maximum Gasteiger partial charge on any atom is 0.306 e. The summed E-state index contributed by atoms with van der Waals surface area (Å²) in [6.45, 7) is 2.15. The van der Waals surface area contributed by atoms with Crippen LogP contribution in [0.5, 0.6) is 0 Å². The molecule has 0 spiro atoms. The number of aromatic amines is 1. The second-order valence-corrected chi connectivity index (χ2v) is 6.00. The van der Waals surface area contributed by atoms with Crippen LogP contribution in [0.4, 0.5) is 0 Å². The van der Waals surface area contributed by atoms with Gasteiger partial charge in [0.1, 0.15) is 0 Å². The molecule has 0 saturated heterocycles. The third-order valence-corrected chi connectivity index (χ3v) is 4.42. The van der Waals surface area contributed by atoms with Gasteiger partial charge in [0.05, 0.1) is 34.8 Å². The van der Waals surface area contributed by atoms with Gasteiger partial charge in [-0.2, -0.15) is 5.10 Å². The number of pyridine rings is 1. The maximum absolute atomic E-state index is 11.6. The van der Waals surface area contributed by atoms with Crippen molar-refractivity contribution in [1.29, 1.82) is 0 Å². The van der Waals surface area contributed by atoms with Crippen molar-refractivity contribution in [1.82, 2.24) is 15.2 Å². The Kier molecular flexibility index (Phi) is 5.02. The van der Waals surface area contributed by atoms with Gasteiger partial charge in [0.2, 0.25) is 0 Å². The third-order valence-electron chi connectivity index (χ3n) is 3.63. The molecule has 3 rings (SSSR count). The predicted octanol–water partition coefficient (Wildman–Crippen LogP) is 4.43. The summed E-state index contributed by atoms with van der Waals surface area (Å²) in [4.78, 5) is 16.2. The Labute approximate surface area is 148 Å². The number of nitrogens with zero attached hydrogens (tertiary/aromatic N) is 2. The molecular weight excluding hydrogens is 349 g/mol. The molecule has 124 valence electrons. The number of aryl methyl sites for hydroxylation is 1. The average molecular weight is 364 g/mol. The summed E-state index contributed by atoms with van der Waals surface area (Å²) < 4.78 is 4.97. The highest BCUT2D eigenvalue weighted by Crippen LogP contribution is 2.35. The molecule has 2 aromatic heterocycles. The minimum absolute atomic E-state index is 0.249. The van der Waals surface area contributed by atoms with E-state index in [-0.39, 0.29) is 12.4 Å². The number of carbonyl (C=O) groups excluding carboxylic acids is 1. The molecule has 0 fully saturated rings. The molecule has 0 aliphatic heterocycles. The quantitative estimate of drug-likeness (QED) is 0.680. The standard InChI is InChI=1S/C17H15Cl2N3O2/c1-2-24-15(23)6-3-11-7-13(10-8-20-21-9-10)12-4-5-14(18)16(19)17(12)22-11/h4-5,7-9H,2-3,6H2,1H3,(H,20,21). The van der Waals surface area contributed by atoms with Crippen molar-refractivity contribution in [3.8, 4) is 11.1 Å². The summed E-state index contributed by atoms with van der Waals surface area (Å²) in [6.07, 6.45) is 4.25. The zero-order valence-corrected chi connectivity index (χ0v) is 14.5.